The molecule has 3 aliphatic rings. The highest BCUT2D eigenvalue weighted by Gasteiger charge is 2.42. The molecule has 15 heavy (non-hydrogen) atoms. The summed E-state index contributed by atoms with van der Waals surface area (Å²) < 4.78 is 0. The van der Waals surface area contributed by atoms with Crippen molar-refractivity contribution < 1.29 is 0 Å². The van der Waals surface area contributed by atoms with Crippen LogP contribution in [0.4, 0.5) is 0 Å². The zero-order valence-corrected chi connectivity index (χ0v) is 10.6. The number of hydrogen-bond acceptors (Lipinski definition) is 2. The Kier molecular flexibility index (Phi) is 2.02. The van der Waals surface area contributed by atoms with Crippen LogP contribution < -0.4 is 0 Å². The van der Waals surface area contributed by atoms with Crippen molar-refractivity contribution in [3.63, 3.8) is 0 Å². The van der Waals surface area contributed by atoms with Gasteiger partial charge in [-0.25, -0.2) is 0 Å². The highest BCUT2D eigenvalue weighted by atomic mass is 32.1. The Morgan fingerprint density at radius 3 is 2.87 bits per heavy atom. The molecule has 3 heterocycles. The molecule has 0 radical (unpaired) electrons. The standard InChI is InChI=1S/C13H19NS/c1-13(2,3)14-8-9-4-5-11(14)12-10(9)6-7-15-12/h6-7,9,11H,4-5,8H2,1-3H3. The quantitative estimate of drug-likeness (QED) is 0.644. The minimum absolute atomic E-state index is 0.324. The fourth-order valence-electron chi connectivity index (χ4n) is 3.18. The number of thiophene rings is 1. The van der Waals surface area contributed by atoms with Crippen molar-refractivity contribution in [2.45, 2.75) is 51.1 Å². The van der Waals surface area contributed by atoms with Crippen LogP contribution >= 0.6 is 11.3 Å². The van der Waals surface area contributed by atoms with Gasteiger partial charge < -0.3 is 0 Å². The minimum Gasteiger partial charge on any atom is -0.290 e. The van der Waals surface area contributed by atoms with Gasteiger partial charge in [-0.2, -0.15) is 0 Å². The molecule has 1 saturated heterocycles. The molecule has 0 aromatic carbocycles. The molecular formula is C13H19NS. The van der Waals surface area contributed by atoms with Crippen LogP contribution in [0.5, 0.6) is 0 Å². The second kappa shape index (κ2) is 3.08. The van der Waals surface area contributed by atoms with Crippen molar-refractivity contribution in [3.05, 3.63) is 21.9 Å². The monoisotopic (exact) mass is 221 g/mol. The first-order valence-corrected chi connectivity index (χ1v) is 6.79. The summed E-state index contributed by atoms with van der Waals surface area (Å²) >= 11 is 1.97. The Balaban J connectivity index is 2.03. The van der Waals surface area contributed by atoms with E-state index in [9.17, 15) is 0 Å². The summed E-state index contributed by atoms with van der Waals surface area (Å²) in [7, 11) is 0. The van der Waals surface area contributed by atoms with Gasteiger partial charge in [0.25, 0.3) is 0 Å². The lowest BCUT2D eigenvalue weighted by Crippen LogP contribution is -2.51. The Bertz CT molecular complexity index is 374. The topological polar surface area (TPSA) is 3.24 Å². The van der Waals surface area contributed by atoms with Gasteiger partial charge in [0, 0.05) is 23.0 Å². The molecule has 1 aliphatic carbocycles. The SMILES string of the molecule is CC(C)(C)N1CC2CCC1c1sccc12. The molecule has 0 N–H and O–H groups in total. The summed E-state index contributed by atoms with van der Waals surface area (Å²) in [6.07, 6.45) is 2.77. The maximum atomic E-state index is 2.71. The van der Waals surface area contributed by atoms with Crippen molar-refractivity contribution in [1.82, 2.24) is 4.90 Å². The van der Waals surface area contributed by atoms with Crippen LogP contribution in [0.25, 0.3) is 0 Å². The third-order valence-corrected chi connectivity index (χ3v) is 4.95. The van der Waals surface area contributed by atoms with Gasteiger partial charge in [-0.1, -0.05) is 0 Å². The van der Waals surface area contributed by atoms with E-state index in [2.05, 4.69) is 37.1 Å². The van der Waals surface area contributed by atoms with E-state index in [0.29, 0.717) is 11.6 Å². The fourth-order valence-corrected chi connectivity index (χ4v) is 4.31. The van der Waals surface area contributed by atoms with Crippen molar-refractivity contribution in [3.8, 4) is 0 Å². The summed E-state index contributed by atoms with van der Waals surface area (Å²) in [4.78, 5) is 4.37. The van der Waals surface area contributed by atoms with E-state index < -0.39 is 0 Å². The maximum absolute atomic E-state index is 2.71. The van der Waals surface area contributed by atoms with Gasteiger partial charge in [0.2, 0.25) is 0 Å². The first-order valence-electron chi connectivity index (χ1n) is 5.91. The molecule has 0 spiro atoms. The van der Waals surface area contributed by atoms with Crippen LogP contribution in [0.3, 0.4) is 0 Å². The highest BCUT2D eigenvalue weighted by molar-refractivity contribution is 7.10. The van der Waals surface area contributed by atoms with Gasteiger partial charge in [-0.05, 0) is 56.5 Å². The van der Waals surface area contributed by atoms with Gasteiger partial charge in [0.15, 0.2) is 0 Å². The van der Waals surface area contributed by atoms with Gasteiger partial charge >= 0.3 is 0 Å². The van der Waals surface area contributed by atoms with Crippen molar-refractivity contribution in [1.29, 1.82) is 0 Å². The average molecular weight is 221 g/mol. The molecule has 82 valence electrons. The number of nitrogens with zero attached hydrogens (tertiary/aromatic N) is 1. The van der Waals surface area contributed by atoms with Crippen LogP contribution in [0.1, 0.15) is 56.0 Å². The van der Waals surface area contributed by atoms with Crippen LogP contribution in [0, 0.1) is 0 Å². The molecule has 1 nitrogen and oxygen atoms in total. The van der Waals surface area contributed by atoms with Crippen LogP contribution in [0.2, 0.25) is 0 Å². The van der Waals surface area contributed by atoms with E-state index in [1.54, 1.807) is 10.4 Å². The second-order valence-electron chi connectivity index (χ2n) is 5.85. The van der Waals surface area contributed by atoms with Crippen LogP contribution in [-0.4, -0.2) is 17.0 Å². The second-order valence-corrected chi connectivity index (χ2v) is 6.80. The molecule has 0 saturated carbocycles. The van der Waals surface area contributed by atoms with Crippen LogP contribution in [0.15, 0.2) is 11.4 Å². The molecule has 2 bridgehead atoms. The first kappa shape index (κ1) is 9.86. The Morgan fingerprint density at radius 2 is 2.13 bits per heavy atom. The van der Waals surface area contributed by atoms with E-state index in [1.807, 2.05) is 11.3 Å². The van der Waals surface area contributed by atoms with Crippen molar-refractivity contribution in [2.75, 3.05) is 6.54 Å². The fraction of sp³-hybridized carbons (Fsp3) is 0.692. The molecule has 1 aromatic heterocycles. The molecule has 2 aliphatic heterocycles. The lowest BCUT2D eigenvalue weighted by atomic mass is 9.77. The van der Waals surface area contributed by atoms with E-state index in [-0.39, 0.29) is 0 Å². The highest BCUT2D eigenvalue weighted by Crippen LogP contribution is 2.51. The first-order chi connectivity index (χ1) is 7.07. The molecule has 2 unspecified atom stereocenters. The summed E-state index contributed by atoms with van der Waals surface area (Å²) in [6, 6.07) is 3.07. The van der Waals surface area contributed by atoms with E-state index >= 15 is 0 Å². The number of rotatable bonds is 0. The molecule has 2 atom stereocenters. The van der Waals surface area contributed by atoms with E-state index in [1.165, 1.54) is 19.4 Å². The van der Waals surface area contributed by atoms with Crippen LogP contribution in [-0.2, 0) is 0 Å². The summed E-state index contributed by atoms with van der Waals surface area (Å²) in [5, 5.41) is 2.28. The lowest BCUT2D eigenvalue weighted by molar-refractivity contribution is 0.0293. The van der Waals surface area contributed by atoms with Crippen molar-refractivity contribution in [2.24, 2.45) is 0 Å². The number of hydrogen-bond donors (Lipinski definition) is 0. The molecule has 0 amide bonds. The smallest absolute Gasteiger partial charge is 0.0450 e. The average Bonchev–Trinajstić information content (AvgIpc) is 2.66. The van der Waals surface area contributed by atoms with Gasteiger partial charge in [-0.3, -0.25) is 4.90 Å². The molecule has 1 fully saturated rings. The van der Waals surface area contributed by atoms with E-state index in [4.69, 9.17) is 0 Å². The Morgan fingerprint density at radius 1 is 1.33 bits per heavy atom. The predicted molar refractivity (Wildman–Crippen MR) is 65.5 cm³/mol. The zero-order valence-electron chi connectivity index (χ0n) is 9.79. The van der Waals surface area contributed by atoms with Gasteiger partial charge in [0.05, 0.1) is 0 Å². The Hall–Kier alpha value is -0.340. The molecule has 4 rings (SSSR count). The molecule has 2 heteroatoms. The third-order valence-electron chi connectivity index (χ3n) is 3.91. The van der Waals surface area contributed by atoms with Gasteiger partial charge in [-0.15, -0.1) is 11.3 Å². The van der Waals surface area contributed by atoms with Crippen molar-refractivity contribution >= 4 is 11.3 Å². The lowest BCUT2D eigenvalue weighted by Gasteiger charge is -2.51. The number of piperidine rings is 1. The summed E-state index contributed by atoms with van der Waals surface area (Å²) in [6.45, 7) is 8.32. The summed E-state index contributed by atoms with van der Waals surface area (Å²) in [5.74, 6) is 0.815. The minimum atomic E-state index is 0.324. The molecular weight excluding hydrogens is 202 g/mol. The zero-order chi connectivity index (χ0) is 10.6. The number of fused-ring (bicyclic) bond motifs is 2. The molecule has 1 aromatic rings. The predicted octanol–water partition coefficient (Wildman–Crippen LogP) is 3.78. The Labute approximate surface area is 96.1 Å². The normalized spacial score (nSPS) is 30.6. The third kappa shape index (κ3) is 1.38. The van der Waals surface area contributed by atoms with Gasteiger partial charge in [0.1, 0.15) is 0 Å². The largest absolute Gasteiger partial charge is 0.290 e. The maximum Gasteiger partial charge on any atom is 0.0450 e. The summed E-state index contributed by atoms with van der Waals surface area (Å²) in [5.41, 5.74) is 1.99. The van der Waals surface area contributed by atoms with E-state index in [0.717, 1.165) is 5.92 Å².